The van der Waals surface area contributed by atoms with Crippen molar-refractivity contribution in [2.24, 2.45) is 23.7 Å². The highest BCUT2D eigenvalue weighted by atomic mass is 16.8. The molecule has 0 spiro atoms. The summed E-state index contributed by atoms with van der Waals surface area (Å²) >= 11 is 0. The Labute approximate surface area is 276 Å². The zero-order valence-electron chi connectivity index (χ0n) is 28.7. The molecule has 0 aromatic rings. The third-order valence-corrected chi connectivity index (χ3v) is 7.31. The van der Waals surface area contributed by atoms with E-state index in [1.807, 2.05) is 13.8 Å². The van der Waals surface area contributed by atoms with E-state index in [1.165, 1.54) is 0 Å². The highest BCUT2D eigenvalue weighted by Crippen LogP contribution is 2.40. The first-order valence-corrected chi connectivity index (χ1v) is 16.3. The number of hydrogen-bond acceptors (Lipinski definition) is 15. The first-order chi connectivity index (χ1) is 21.9. The molecule has 0 aliphatic carbocycles. The average molecular weight is 679 g/mol. The van der Waals surface area contributed by atoms with Gasteiger partial charge >= 0.3 is 23.9 Å². The summed E-state index contributed by atoms with van der Waals surface area (Å²) in [6, 6.07) is 0. The van der Waals surface area contributed by atoms with Crippen LogP contribution >= 0.6 is 0 Å². The van der Waals surface area contributed by atoms with Crippen LogP contribution in [-0.4, -0.2) is 119 Å². The van der Waals surface area contributed by atoms with Gasteiger partial charge in [-0.1, -0.05) is 55.4 Å². The molecule has 2 saturated heterocycles. The minimum Gasteiger partial charge on any atom is -0.463 e. The van der Waals surface area contributed by atoms with E-state index in [2.05, 4.69) is 0 Å². The molecule has 15 nitrogen and oxygen atoms in total. The molecule has 2 aliphatic heterocycles. The van der Waals surface area contributed by atoms with Crippen LogP contribution < -0.4 is 0 Å². The Bertz CT molecular complexity index is 1030. The molecule has 0 aromatic carbocycles. The average Bonchev–Trinajstić information content (AvgIpc) is 3.22. The van der Waals surface area contributed by atoms with Crippen LogP contribution in [0, 0.1) is 23.7 Å². The number of carbonyl (C=O) groups excluding carboxylic acids is 4. The van der Waals surface area contributed by atoms with E-state index in [-0.39, 0.29) is 49.4 Å². The van der Waals surface area contributed by atoms with E-state index in [9.17, 15) is 39.6 Å². The molecule has 47 heavy (non-hydrogen) atoms. The smallest absolute Gasteiger partial charge is 0.306 e. The lowest BCUT2D eigenvalue weighted by molar-refractivity contribution is -0.384. The molecular formula is C32H54O15. The normalized spacial score (nSPS) is 31.0. The van der Waals surface area contributed by atoms with Gasteiger partial charge in [0.25, 0.3) is 0 Å². The lowest BCUT2D eigenvalue weighted by atomic mass is 9.98. The van der Waals surface area contributed by atoms with E-state index >= 15 is 0 Å². The predicted octanol–water partition coefficient (Wildman–Crippen LogP) is 0.992. The first-order valence-electron chi connectivity index (χ1n) is 16.3. The van der Waals surface area contributed by atoms with E-state index in [0.29, 0.717) is 0 Å². The van der Waals surface area contributed by atoms with E-state index in [1.54, 1.807) is 41.5 Å². The third kappa shape index (κ3) is 11.9. The van der Waals surface area contributed by atoms with Gasteiger partial charge in [0.05, 0.1) is 6.61 Å². The Hall–Kier alpha value is -2.40. The first kappa shape index (κ1) is 40.8. The Balaban J connectivity index is 2.53. The van der Waals surface area contributed by atoms with E-state index in [0.717, 1.165) is 0 Å². The second-order valence-electron chi connectivity index (χ2n) is 13.8. The van der Waals surface area contributed by atoms with E-state index < -0.39 is 98.5 Å². The number of hydrogen-bond donors (Lipinski definition) is 4. The van der Waals surface area contributed by atoms with Crippen molar-refractivity contribution in [2.75, 3.05) is 19.8 Å². The van der Waals surface area contributed by atoms with Gasteiger partial charge in [0, 0.05) is 25.7 Å². The molecule has 2 fully saturated rings. The standard InChI is InChI=1S/C32H54O15/c1-16(2)9-22(35)41-14-21-26(39)27(40)29(44-24(37)11-18(5)6)31(42-21)47-32(15-34)30(45-25(38)12-19(7)8)28(20(13-33)46-32)43-23(36)10-17(3)4/h16-21,26-31,33-34,39-40H,9-15H2,1-8H3. The van der Waals surface area contributed by atoms with Crippen molar-refractivity contribution in [3.8, 4) is 0 Å². The number of aliphatic hydroxyl groups excluding tert-OH is 4. The van der Waals surface area contributed by atoms with Gasteiger partial charge in [0.2, 0.25) is 12.1 Å². The molecule has 9 unspecified atom stereocenters. The number of ether oxygens (including phenoxy) is 7. The van der Waals surface area contributed by atoms with Crippen molar-refractivity contribution in [3.05, 3.63) is 0 Å². The van der Waals surface area contributed by atoms with Crippen LogP contribution in [0.4, 0.5) is 0 Å². The second kappa shape index (κ2) is 18.4. The fourth-order valence-corrected chi connectivity index (χ4v) is 5.15. The van der Waals surface area contributed by atoms with Gasteiger partial charge in [-0.25, -0.2) is 0 Å². The van der Waals surface area contributed by atoms with Gasteiger partial charge < -0.3 is 53.6 Å². The lowest BCUT2D eigenvalue weighted by Gasteiger charge is -2.45. The fourth-order valence-electron chi connectivity index (χ4n) is 5.15. The van der Waals surface area contributed by atoms with Crippen LogP contribution in [0.5, 0.6) is 0 Å². The highest BCUT2D eigenvalue weighted by molar-refractivity contribution is 5.71. The summed E-state index contributed by atoms with van der Waals surface area (Å²) < 4.78 is 40.0. The van der Waals surface area contributed by atoms with Gasteiger partial charge in [-0.3, -0.25) is 19.2 Å². The largest absolute Gasteiger partial charge is 0.463 e. The second-order valence-corrected chi connectivity index (χ2v) is 13.8. The summed E-state index contributed by atoms with van der Waals surface area (Å²) in [5, 5.41) is 43.0. The molecule has 0 radical (unpaired) electrons. The minimum absolute atomic E-state index is 0.0187. The van der Waals surface area contributed by atoms with Gasteiger partial charge in [-0.05, 0) is 23.7 Å². The molecular weight excluding hydrogens is 624 g/mol. The van der Waals surface area contributed by atoms with Crippen molar-refractivity contribution in [3.63, 3.8) is 0 Å². The molecule has 2 rings (SSSR count). The number of rotatable bonds is 17. The monoisotopic (exact) mass is 678 g/mol. The van der Waals surface area contributed by atoms with Gasteiger partial charge in [0.1, 0.15) is 37.6 Å². The van der Waals surface area contributed by atoms with Crippen LogP contribution in [0.25, 0.3) is 0 Å². The van der Waals surface area contributed by atoms with Crippen LogP contribution in [0.2, 0.25) is 0 Å². The summed E-state index contributed by atoms with van der Waals surface area (Å²) in [5.74, 6) is -5.61. The molecule has 0 saturated carbocycles. The maximum Gasteiger partial charge on any atom is 0.306 e. The van der Waals surface area contributed by atoms with Gasteiger partial charge in [0.15, 0.2) is 18.3 Å². The van der Waals surface area contributed by atoms with Crippen LogP contribution in [-0.2, 0) is 52.3 Å². The van der Waals surface area contributed by atoms with Gasteiger partial charge in [-0.15, -0.1) is 0 Å². The molecule has 2 aliphatic rings. The Kier molecular flexibility index (Phi) is 16.0. The molecule has 0 aromatic heterocycles. The topological polar surface area (TPSA) is 214 Å². The Morgan fingerprint density at radius 1 is 0.660 bits per heavy atom. The number of aliphatic hydroxyl groups is 4. The molecule has 15 heteroatoms. The number of esters is 4. The minimum atomic E-state index is -2.39. The summed E-state index contributed by atoms with van der Waals surface area (Å²) in [6.07, 6.45) is -13.1. The predicted molar refractivity (Wildman–Crippen MR) is 162 cm³/mol. The summed E-state index contributed by atoms with van der Waals surface area (Å²) in [7, 11) is 0. The summed E-state index contributed by atoms with van der Waals surface area (Å²) in [4.78, 5) is 50.7. The summed E-state index contributed by atoms with van der Waals surface area (Å²) in [6.45, 7) is 11.9. The van der Waals surface area contributed by atoms with Crippen LogP contribution in [0.15, 0.2) is 0 Å². The van der Waals surface area contributed by atoms with Gasteiger partial charge in [-0.2, -0.15) is 0 Å². The molecule has 2 heterocycles. The quantitative estimate of drug-likeness (QED) is 0.125. The molecule has 0 amide bonds. The van der Waals surface area contributed by atoms with Crippen LogP contribution in [0.3, 0.4) is 0 Å². The summed E-state index contributed by atoms with van der Waals surface area (Å²) in [5.41, 5.74) is 0. The third-order valence-electron chi connectivity index (χ3n) is 7.31. The fraction of sp³-hybridized carbons (Fsp3) is 0.875. The zero-order chi connectivity index (χ0) is 35.6. The maximum absolute atomic E-state index is 13.0. The molecule has 4 N–H and O–H groups in total. The van der Waals surface area contributed by atoms with Crippen molar-refractivity contribution < 1.29 is 72.8 Å². The number of carbonyl (C=O) groups is 4. The van der Waals surface area contributed by atoms with Crippen molar-refractivity contribution in [1.82, 2.24) is 0 Å². The Morgan fingerprint density at radius 2 is 1.13 bits per heavy atom. The molecule has 272 valence electrons. The molecule has 0 bridgehead atoms. The van der Waals surface area contributed by atoms with E-state index in [4.69, 9.17) is 33.2 Å². The van der Waals surface area contributed by atoms with Crippen molar-refractivity contribution in [2.45, 2.75) is 136 Å². The highest BCUT2D eigenvalue weighted by Gasteiger charge is 2.63. The van der Waals surface area contributed by atoms with Crippen LogP contribution in [0.1, 0.15) is 81.1 Å². The SMILES string of the molecule is CC(C)CC(=O)OCC1OC(OC2(CO)OC(CO)C(OC(=O)CC(C)C)C2OC(=O)CC(C)C)C(OC(=O)CC(C)C)C(O)C1O. The van der Waals surface area contributed by atoms with Crippen molar-refractivity contribution in [1.29, 1.82) is 0 Å². The maximum atomic E-state index is 13.0. The Morgan fingerprint density at radius 3 is 1.60 bits per heavy atom. The molecule has 9 atom stereocenters. The van der Waals surface area contributed by atoms with Crippen molar-refractivity contribution >= 4 is 23.9 Å². The lowest BCUT2D eigenvalue weighted by Crippen LogP contribution is -2.64. The zero-order valence-corrected chi connectivity index (χ0v) is 28.7.